The molecule has 0 saturated heterocycles. The van der Waals surface area contributed by atoms with Crippen LogP contribution in [-0.2, 0) is 6.54 Å². The van der Waals surface area contributed by atoms with Gasteiger partial charge in [-0.25, -0.2) is 9.07 Å². The lowest BCUT2D eigenvalue weighted by Gasteiger charge is -2.08. The second-order valence-corrected chi connectivity index (χ2v) is 7.38. The van der Waals surface area contributed by atoms with E-state index in [2.05, 4.69) is 20.6 Å². The molecule has 1 amide bonds. The summed E-state index contributed by atoms with van der Waals surface area (Å²) in [7, 11) is 0. The molecule has 0 atom stereocenters. The molecule has 2 heterocycles. The maximum Gasteiger partial charge on any atom is 0.271 e. The Hall–Kier alpha value is -3.43. The van der Waals surface area contributed by atoms with Gasteiger partial charge in [-0.15, -0.1) is 10.2 Å². The number of halogens is 3. The Kier molecular flexibility index (Phi) is 5.62. The van der Waals surface area contributed by atoms with Crippen molar-refractivity contribution < 1.29 is 9.18 Å². The highest BCUT2D eigenvalue weighted by atomic mass is 35.5. The minimum atomic E-state index is -0.747. The van der Waals surface area contributed by atoms with Gasteiger partial charge in [-0.1, -0.05) is 23.2 Å². The topological polar surface area (TPSA) is 104 Å². The smallest absolute Gasteiger partial charge is 0.271 e. The lowest BCUT2D eigenvalue weighted by Crippen LogP contribution is -2.14. The molecule has 4 rings (SSSR count). The second-order valence-electron chi connectivity index (χ2n) is 6.56. The van der Waals surface area contributed by atoms with Gasteiger partial charge in [0.25, 0.3) is 5.91 Å². The molecule has 0 aliphatic rings. The van der Waals surface area contributed by atoms with Crippen molar-refractivity contribution in [1.82, 2.24) is 24.5 Å². The zero-order valence-corrected chi connectivity index (χ0v) is 17.7. The highest BCUT2D eigenvalue weighted by Crippen LogP contribution is 2.32. The van der Waals surface area contributed by atoms with Crippen molar-refractivity contribution in [2.24, 2.45) is 5.73 Å². The van der Waals surface area contributed by atoms with Crippen molar-refractivity contribution in [3.63, 3.8) is 0 Å². The number of primary amides is 1. The van der Waals surface area contributed by atoms with E-state index in [9.17, 15) is 9.18 Å². The lowest BCUT2D eigenvalue weighted by molar-refractivity contribution is 0.0996. The van der Waals surface area contributed by atoms with E-state index in [-0.39, 0.29) is 21.4 Å². The van der Waals surface area contributed by atoms with Gasteiger partial charge in [0, 0.05) is 17.8 Å². The maximum absolute atomic E-state index is 13.5. The van der Waals surface area contributed by atoms with E-state index in [4.69, 9.17) is 28.9 Å². The molecule has 0 fully saturated rings. The monoisotopic (exact) mass is 459 g/mol. The molecular formula is C20H16Cl2FN7O. The Labute approximate surface area is 186 Å². The van der Waals surface area contributed by atoms with Crippen LogP contribution >= 0.6 is 23.2 Å². The van der Waals surface area contributed by atoms with Crippen LogP contribution in [0.1, 0.15) is 17.4 Å². The van der Waals surface area contributed by atoms with Crippen molar-refractivity contribution in [1.29, 1.82) is 0 Å². The number of nitrogens with zero attached hydrogens (tertiary/aromatic N) is 5. The molecule has 0 aliphatic carbocycles. The first-order valence-corrected chi connectivity index (χ1v) is 9.92. The van der Waals surface area contributed by atoms with Gasteiger partial charge in [-0.3, -0.25) is 4.79 Å². The molecule has 8 nitrogen and oxygen atoms in total. The van der Waals surface area contributed by atoms with Gasteiger partial charge in [0.2, 0.25) is 0 Å². The number of hydrogen-bond donors (Lipinski definition) is 2. The molecule has 31 heavy (non-hydrogen) atoms. The number of hydrogen-bond acceptors (Lipinski definition) is 5. The van der Waals surface area contributed by atoms with Crippen LogP contribution in [0, 0.1) is 5.82 Å². The second kappa shape index (κ2) is 8.37. The van der Waals surface area contributed by atoms with E-state index >= 15 is 0 Å². The lowest BCUT2D eigenvalue weighted by atomic mass is 10.2. The first-order valence-electron chi connectivity index (χ1n) is 9.17. The molecule has 0 radical (unpaired) electrons. The summed E-state index contributed by atoms with van der Waals surface area (Å²) in [5.41, 5.74) is 7.61. The van der Waals surface area contributed by atoms with Gasteiger partial charge >= 0.3 is 0 Å². The fourth-order valence-electron chi connectivity index (χ4n) is 3.08. The van der Waals surface area contributed by atoms with E-state index in [0.717, 1.165) is 30.1 Å². The summed E-state index contributed by atoms with van der Waals surface area (Å²) >= 11 is 12.3. The SMILES string of the molecule is CCn1cnnc1-c1ccc(Nc2cn(-c3c(Cl)cc(F)cc3Cl)nc2C(N)=O)cc1. The van der Waals surface area contributed by atoms with Crippen LogP contribution in [-0.4, -0.2) is 30.5 Å². The normalized spacial score (nSPS) is 11.0. The highest BCUT2D eigenvalue weighted by Gasteiger charge is 2.19. The van der Waals surface area contributed by atoms with Gasteiger partial charge in [0.05, 0.1) is 21.9 Å². The number of carbonyl (C=O) groups excluding carboxylic acids is 1. The third-order valence-corrected chi connectivity index (χ3v) is 5.11. The van der Waals surface area contributed by atoms with Crippen LogP contribution in [0.15, 0.2) is 48.9 Å². The zero-order chi connectivity index (χ0) is 22.1. The molecule has 0 spiro atoms. The third-order valence-electron chi connectivity index (χ3n) is 4.54. The molecule has 0 aliphatic heterocycles. The third kappa shape index (κ3) is 4.10. The van der Waals surface area contributed by atoms with E-state index in [1.165, 1.54) is 10.9 Å². The quantitative estimate of drug-likeness (QED) is 0.443. The van der Waals surface area contributed by atoms with Crippen LogP contribution < -0.4 is 11.1 Å². The van der Waals surface area contributed by atoms with Crippen molar-refractivity contribution in [2.45, 2.75) is 13.5 Å². The predicted molar refractivity (Wildman–Crippen MR) is 116 cm³/mol. The summed E-state index contributed by atoms with van der Waals surface area (Å²) in [6.45, 7) is 2.75. The number of rotatable bonds is 6. The van der Waals surface area contributed by atoms with Gasteiger partial charge < -0.3 is 15.6 Å². The fourth-order valence-corrected chi connectivity index (χ4v) is 3.72. The summed E-state index contributed by atoms with van der Waals surface area (Å²) in [5, 5.41) is 15.4. The number of nitrogens with one attached hydrogen (secondary N) is 1. The molecule has 0 saturated carbocycles. The average Bonchev–Trinajstić information content (AvgIpc) is 3.35. The van der Waals surface area contributed by atoms with E-state index < -0.39 is 11.7 Å². The molecule has 0 unspecified atom stereocenters. The van der Waals surface area contributed by atoms with Crippen LogP contribution in [0.5, 0.6) is 0 Å². The van der Waals surface area contributed by atoms with E-state index in [0.29, 0.717) is 11.4 Å². The van der Waals surface area contributed by atoms with Crippen molar-refractivity contribution in [3.05, 3.63) is 70.5 Å². The number of carbonyl (C=O) groups is 1. The minimum Gasteiger partial charge on any atom is -0.364 e. The fraction of sp³-hybridized carbons (Fsp3) is 0.100. The summed E-state index contributed by atoms with van der Waals surface area (Å²) in [5.74, 6) is -0.582. The number of benzene rings is 2. The van der Waals surface area contributed by atoms with Crippen molar-refractivity contribution >= 4 is 40.5 Å². The minimum absolute atomic E-state index is 0.0220. The van der Waals surface area contributed by atoms with Crippen LogP contribution in [0.2, 0.25) is 10.0 Å². The molecule has 3 N–H and O–H groups in total. The van der Waals surface area contributed by atoms with E-state index in [1.54, 1.807) is 6.33 Å². The average molecular weight is 460 g/mol. The summed E-state index contributed by atoms with van der Waals surface area (Å²) in [6, 6.07) is 9.61. The largest absolute Gasteiger partial charge is 0.364 e. The van der Waals surface area contributed by atoms with E-state index in [1.807, 2.05) is 35.8 Å². The molecule has 2 aromatic heterocycles. The standard InChI is InChI=1S/C20H16Cl2FN7O/c1-2-29-10-25-27-20(29)11-3-5-13(6-4-11)26-16-9-30(28-17(16)19(24)31)18-14(21)7-12(23)8-15(18)22/h3-10,26H,2H2,1H3,(H2,24,31). The van der Waals surface area contributed by atoms with Crippen LogP contribution in [0.3, 0.4) is 0 Å². The number of aromatic nitrogens is 5. The number of aryl methyl sites for hydroxylation is 1. The molecule has 2 aromatic carbocycles. The van der Waals surface area contributed by atoms with Gasteiger partial charge in [-0.2, -0.15) is 5.10 Å². The van der Waals surface area contributed by atoms with Gasteiger partial charge in [0.15, 0.2) is 11.5 Å². The molecular weight excluding hydrogens is 444 g/mol. The van der Waals surface area contributed by atoms with Crippen molar-refractivity contribution in [2.75, 3.05) is 5.32 Å². The summed E-state index contributed by atoms with van der Waals surface area (Å²) in [6.07, 6.45) is 3.17. The Morgan fingerprint density at radius 2 is 1.87 bits per heavy atom. The zero-order valence-electron chi connectivity index (χ0n) is 16.2. The number of amides is 1. The molecule has 4 aromatic rings. The maximum atomic E-state index is 13.5. The summed E-state index contributed by atoms with van der Waals surface area (Å²) in [4.78, 5) is 11.9. The highest BCUT2D eigenvalue weighted by molar-refractivity contribution is 6.37. The Balaban J connectivity index is 1.67. The number of nitrogens with two attached hydrogens (primary N) is 1. The first kappa shape index (κ1) is 20.8. The van der Waals surface area contributed by atoms with Crippen molar-refractivity contribution in [3.8, 4) is 17.1 Å². The predicted octanol–water partition coefficient (Wildman–Crippen LogP) is 4.44. The Morgan fingerprint density at radius 1 is 1.19 bits per heavy atom. The summed E-state index contributed by atoms with van der Waals surface area (Å²) < 4.78 is 16.7. The molecule has 0 bridgehead atoms. The van der Waals surface area contributed by atoms with Crippen LogP contribution in [0.25, 0.3) is 17.1 Å². The van der Waals surface area contributed by atoms with Gasteiger partial charge in [0.1, 0.15) is 17.8 Å². The van der Waals surface area contributed by atoms with Gasteiger partial charge in [-0.05, 0) is 43.3 Å². The first-order chi connectivity index (χ1) is 14.9. The Bertz CT molecular complexity index is 1240. The Morgan fingerprint density at radius 3 is 2.48 bits per heavy atom. The molecule has 11 heteroatoms. The molecule has 158 valence electrons. The van der Waals surface area contributed by atoms with Crippen LogP contribution in [0.4, 0.5) is 15.8 Å². The number of anilines is 2.